The maximum absolute atomic E-state index is 12.2. The molecule has 1 aromatic rings. The minimum absolute atomic E-state index is 0.133. The molecule has 1 aromatic carbocycles. The van der Waals surface area contributed by atoms with Crippen molar-refractivity contribution >= 4 is 11.8 Å². The summed E-state index contributed by atoms with van der Waals surface area (Å²) in [6, 6.07) is 7.33. The summed E-state index contributed by atoms with van der Waals surface area (Å²) in [5.74, 6) is 0.716. The third-order valence-electron chi connectivity index (χ3n) is 3.61. The van der Waals surface area contributed by atoms with Gasteiger partial charge in [0.2, 0.25) is 5.91 Å². The summed E-state index contributed by atoms with van der Waals surface area (Å²) >= 11 is 0. The molecule has 0 bridgehead atoms. The van der Waals surface area contributed by atoms with Gasteiger partial charge in [-0.1, -0.05) is 0 Å². The molecule has 128 valence electrons. The third-order valence-corrected chi connectivity index (χ3v) is 3.61. The van der Waals surface area contributed by atoms with E-state index in [1.165, 1.54) is 0 Å². The summed E-state index contributed by atoms with van der Waals surface area (Å²) in [7, 11) is 1.59. The predicted molar refractivity (Wildman–Crippen MR) is 91.7 cm³/mol. The zero-order valence-corrected chi connectivity index (χ0v) is 14.8. The van der Waals surface area contributed by atoms with Gasteiger partial charge in [0.25, 0.3) is 5.91 Å². The molecular formula is C18H28N2O3. The lowest BCUT2D eigenvalue weighted by Gasteiger charge is -2.30. The van der Waals surface area contributed by atoms with Gasteiger partial charge in [0.05, 0.1) is 7.11 Å². The molecule has 5 heteroatoms. The fourth-order valence-corrected chi connectivity index (χ4v) is 2.59. The second-order valence-corrected chi connectivity index (χ2v) is 6.08. The fourth-order valence-electron chi connectivity index (χ4n) is 2.59. The SMILES string of the molecule is COc1ccc(C(=O)NCCCC(=O)N(C(C)C)C(C)C)cc1. The Morgan fingerprint density at radius 1 is 1.09 bits per heavy atom. The molecule has 0 aliphatic heterocycles. The number of benzene rings is 1. The number of ether oxygens (including phenoxy) is 1. The highest BCUT2D eigenvalue weighted by atomic mass is 16.5. The second-order valence-electron chi connectivity index (χ2n) is 6.08. The van der Waals surface area contributed by atoms with Crippen molar-refractivity contribution in [2.45, 2.75) is 52.6 Å². The Morgan fingerprint density at radius 2 is 1.65 bits per heavy atom. The van der Waals surface area contributed by atoms with Crippen molar-refractivity contribution < 1.29 is 14.3 Å². The topological polar surface area (TPSA) is 58.6 Å². The Labute approximate surface area is 139 Å². The van der Waals surface area contributed by atoms with Gasteiger partial charge in [0.15, 0.2) is 0 Å². The Kier molecular flexibility index (Phi) is 7.59. The van der Waals surface area contributed by atoms with Crippen LogP contribution in [0.25, 0.3) is 0 Å². The van der Waals surface area contributed by atoms with Gasteiger partial charge in [-0.3, -0.25) is 9.59 Å². The van der Waals surface area contributed by atoms with Gasteiger partial charge in [-0.2, -0.15) is 0 Å². The smallest absolute Gasteiger partial charge is 0.251 e. The van der Waals surface area contributed by atoms with Gasteiger partial charge in [-0.25, -0.2) is 0 Å². The first kappa shape index (κ1) is 19.0. The molecule has 0 saturated heterocycles. The number of carbonyl (C=O) groups excluding carboxylic acids is 2. The highest BCUT2D eigenvalue weighted by Crippen LogP contribution is 2.11. The van der Waals surface area contributed by atoms with E-state index in [2.05, 4.69) is 5.32 Å². The van der Waals surface area contributed by atoms with Crippen molar-refractivity contribution in [1.29, 1.82) is 0 Å². The summed E-state index contributed by atoms with van der Waals surface area (Å²) in [4.78, 5) is 26.1. The normalized spacial score (nSPS) is 10.7. The third kappa shape index (κ3) is 5.93. The van der Waals surface area contributed by atoms with Crippen LogP contribution < -0.4 is 10.1 Å². The zero-order chi connectivity index (χ0) is 17.4. The van der Waals surface area contributed by atoms with E-state index in [-0.39, 0.29) is 23.9 Å². The average molecular weight is 320 g/mol. The summed E-state index contributed by atoms with van der Waals surface area (Å²) in [6.07, 6.45) is 1.08. The molecule has 0 aliphatic rings. The van der Waals surface area contributed by atoms with E-state index in [1.54, 1.807) is 31.4 Å². The van der Waals surface area contributed by atoms with Crippen molar-refractivity contribution in [3.05, 3.63) is 29.8 Å². The molecule has 0 radical (unpaired) electrons. The molecule has 23 heavy (non-hydrogen) atoms. The fraction of sp³-hybridized carbons (Fsp3) is 0.556. The molecule has 0 fully saturated rings. The first-order chi connectivity index (χ1) is 10.9. The summed E-state index contributed by atoms with van der Waals surface area (Å²) in [5.41, 5.74) is 0.586. The van der Waals surface area contributed by atoms with Crippen molar-refractivity contribution in [3.8, 4) is 5.75 Å². The molecule has 5 nitrogen and oxygen atoms in total. The molecule has 0 aliphatic carbocycles. The Hall–Kier alpha value is -2.04. The van der Waals surface area contributed by atoms with Crippen LogP contribution in [0.2, 0.25) is 0 Å². The van der Waals surface area contributed by atoms with Gasteiger partial charge in [0.1, 0.15) is 5.75 Å². The van der Waals surface area contributed by atoms with Crippen LogP contribution in [0.4, 0.5) is 0 Å². The summed E-state index contributed by atoms with van der Waals surface area (Å²) in [5, 5.41) is 2.84. The second kappa shape index (κ2) is 9.18. The molecular weight excluding hydrogens is 292 g/mol. The van der Waals surface area contributed by atoms with E-state index in [4.69, 9.17) is 4.74 Å². The van der Waals surface area contributed by atoms with E-state index < -0.39 is 0 Å². The van der Waals surface area contributed by atoms with Crippen molar-refractivity contribution in [1.82, 2.24) is 10.2 Å². The van der Waals surface area contributed by atoms with Crippen LogP contribution in [0.3, 0.4) is 0 Å². The average Bonchev–Trinajstić information content (AvgIpc) is 2.50. The maximum atomic E-state index is 12.2. The van der Waals surface area contributed by atoms with Crippen molar-refractivity contribution in [2.24, 2.45) is 0 Å². The quantitative estimate of drug-likeness (QED) is 0.749. The lowest BCUT2D eigenvalue weighted by Crippen LogP contribution is -2.42. The number of hydrogen-bond acceptors (Lipinski definition) is 3. The Morgan fingerprint density at radius 3 is 2.13 bits per heavy atom. The van der Waals surface area contributed by atoms with E-state index in [0.29, 0.717) is 24.9 Å². The molecule has 0 saturated carbocycles. The van der Waals surface area contributed by atoms with E-state index in [1.807, 2.05) is 32.6 Å². The molecule has 0 aromatic heterocycles. The summed E-state index contributed by atoms with van der Waals surface area (Å²) < 4.78 is 5.06. The Bertz CT molecular complexity index is 502. The lowest BCUT2D eigenvalue weighted by atomic mass is 10.1. The number of rotatable bonds is 8. The number of methoxy groups -OCH3 is 1. The number of carbonyl (C=O) groups is 2. The molecule has 0 atom stereocenters. The molecule has 1 N–H and O–H groups in total. The first-order valence-corrected chi connectivity index (χ1v) is 8.10. The predicted octanol–water partition coefficient (Wildman–Crippen LogP) is 2.85. The van der Waals surface area contributed by atoms with Crippen LogP contribution in [-0.2, 0) is 4.79 Å². The lowest BCUT2D eigenvalue weighted by molar-refractivity contribution is -0.134. The molecule has 1 rings (SSSR count). The largest absolute Gasteiger partial charge is 0.497 e. The maximum Gasteiger partial charge on any atom is 0.251 e. The minimum atomic E-state index is -0.135. The van der Waals surface area contributed by atoms with Gasteiger partial charge in [-0.05, 0) is 58.4 Å². The number of hydrogen-bond donors (Lipinski definition) is 1. The standard InChI is InChI=1S/C18H28N2O3/c1-13(2)20(14(3)4)17(21)7-6-12-19-18(22)15-8-10-16(23-5)11-9-15/h8-11,13-14H,6-7,12H2,1-5H3,(H,19,22). The number of nitrogens with zero attached hydrogens (tertiary/aromatic N) is 1. The van der Waals surface area contributed by atoms with E-state index in [0.717, 1.165) is 5.75 Å². The first-order valence-electron chi connectivity index (χ1n) is 8.10. The molecule has 0 spiro atoms. The Balaban J connectivity index is 2.38. The van der Waals surface area contributed by atoms with Crippen molar-refractivity contribution in [3.63, 3.8) is 0 Å². The summed E-state index contributed by atoms with van der Waals surface area (Å²) in [6.45, 7) is 8.56. The molecule has 0 heterocycles. The highest BCUT2D eigenvalue weighted by Gasteiger charge is 2.19. The molecule has 0 unspecified atom stereocenters. The van der Waals surface area contributed by atoms with Crippen LogP contribution in [-0.4, -0.2) is 42.5 Å². The van der Waals surface area contributed by atoms with Gasteiger partial charge < -0.3 is 15.0 Å². The zero-order valence-electron chi connectivity index (χ0n) is 14.8. The minimum Gasteiger partial charge on any atom is -0.497 e. The molecule has 2 amide bonds. The van der Waals surface area contributed by atoms with Gasteiger partial charge in [0, 0.05) is 30.6 Å². The van der Waals surface area contributed by atoms with E-state index >= 15 is 0 Å². The van der Waals surface area contributed by atoms with Crippen LogP contribution in [0, 0.1) is 0 Å². The van der Waals surface area contributed by atoms with Crippen LogP contribution in [0.5, 0.6) is 5.75 Å². The number of amides is 2. The van der Waals surface area contributed by atoms with Crippen molar-refractivity contribution in [2.75, 3.05) is 13.7 Å². The van der Waals surface area contributed by atoms with Gasteiger partial charge in [-0.15, -0.1) is 0 Å². The number of nitrogens with one attached hydrogen (secondary N) is 1. The van der Waals surface area contributed by atoms with Crippen LogP contribution in [0.1, 0.15) is 50.9 Å². The van der Waals surface area contributed by atoms with Crippen LogP contribution in [0.15, 0.2) is 24.3 Å². The van der Waals surface area contributed by atoms with Crippen LogP contribution >= 0.6 is 0 Å². The highest BCUT2D eigenvalue weighted by molar-refractivity contribution is 5.94. The monoisotopic (exact) mass is 320 g/mol. The van der Waals surface area contributed by atoms with Gasteiger partial charge >= 0.3 is 0 Å². The van der Waals surface area contributed by atoms with E-state index in [9.17, 15) is 9.59 Å².